The zero-order valence-corrected chi connectivity index (χ0v) is 20.1. The fraction of sp³-hybridized carbons (Fsp3) is 0.125. The number of benzene rings is 3. The Morgan fingerprint density at radius 1 is 0.824 bits per heavy atom. The first-order valence-corrected chi connectivity index (χ1v) is 11.8. The van der Waals surface area contributed by atoms with Gasteiger partial charge in [-0.3, -0.25) is 0 Å². The molecule has 0 unspecified atom stereocenters. The maximum atomic E-state index is 4.07. The van der Waals surface area contributed by atoms with Crippen molar-refractivity contribution in [3.63, 3.8) is 0 Å². The molecule has 0 saturated carbocycles. The van der Waals surface area contributed by atoms with Gasteiger partial charge in [0.1, 0.15) is 0 Å². The van der Waals surface area contributed by atoms with Crippen LogP contribution in [0.15, 0.2) is 139 Å². The number of nitrogens with zero attached hydrogens (tertiary/aromatic N) is 2. The molecule has 0 fully saturated rings. The van der Waals surface area contributed by atoms with Crippen LogP contribution in [-0.4, -0.2) is 7.05 Å². The van der Waals surface area contributed by atoms with Crippen molar-refractivity contribution in [3.8, 4) is 0 Å². The van der Waals surface area contributed by atoms with Crippen LogP contribution in [0, 0.1) is 0 Å². The maximum Gasteiger partial charge on any atom is 0.0463 e. The monoisotopic (exact) mass is 444 g/mol. The van der Waals surface area contributed by atoms with Crippen molar-refractivity contribution in [2.75, 3.05) is 16.8 Å². The van der Waals surface area contributed by atoms with E-state index in [1.165, 1.54) is 22.5 Å². The quantitative estimate of drug-likeness (QED) is 0.321. The summed E-state index contributed by atoms with van der Waals surface area (Å²) >= 11 is 0. The van der Waals surface area contributed by atoms with Crippen LogP contribution in [-0.2, 0) is 0 Å². The van der Waals surface area contributed by atoms with Crippen LogP contribution in [0.5, 0.6) is 0 Å². The number of hydrogen-bond acceptors (Lipinski definition) is 2. The van der Waals surface area contributed by atoms with E-state index in [2.05, 4.69) is 121 Å². The molecule has 0 aromatic heterocycles. The molecule has 0 heterocycles. The molecule has 1 aliphatic carbocycles. The fourth-order valence-electron chi connectivity index (χ4n) is 4.32. The van der Waals surface area contributed by atoms with Crippen LogP contribution in [0.3, 0.4) is 0 Å². The SMILES string of the molecule is C=C/C(=C\C=C/C)N(c1ccccc1)c1ccc(N(C)C2=C(c3ccccc3)C=CCC2)cc1. The second kappa shape index (κ2) is 11.2. The Hall–Kier alpha value is -4.04. The lowest BCUT2D eigenvalue weighted by Gasteiger charge is -2.29. The number of allylic oxidation sites excluding steroid dienone is 8. The second-order valence-corrected chi connectivity index (χ2v) is 8.24. The van der Waals surface area contributed by atoms with Gasteiger partial charge in [0.05, 0.1) is 0 Å². The predicted molar refractivity (Wildman–Crippen MR) is 148 cm³/mol. The van der Waals surface area contributed by atoms with E-state index in [4.69, 9.17) is 0 Å². The van der Waals surface area contributed by atoms with Crippen molar-refractivity contribution >= 4 is 22.6 Å². The van der Waals surface area contributed by atoms with Gasteiger partial charge >= 0.3 is 0 Å². The predicted octanol–water partition coefficient (Wildman–Crippen LogP) is 8.67. The van der Waals surface area contributed by atoms with Gasteiger partial charge in [0.25, 0.3) is 0 Å². The summed E-state index contributed by atoms with van der Waals surface area (Å²) in [4.78, 5) is 4.56. The van der Waals surface area contributed by atoms with Crippen LogP contribution >= 0.6 is 0 Å². The molecule has 2 heteroatoms. The average molecular weight is 445 g/mol. The van der Waals surface area contributed by atoms with Gasteiger partial charge in [-0.15, -0.1) is 0 Å². The lowest BCUT2D eigenvalue weighted by atomic mass is 9.95. The van der Waals surface area contributed by atoms with E-state index in [0.717, 1.165) is 29.9 Å². The fourth-order valence-corrected chi connectivity index (χ4v) is 4.32. The minimum atomic E-state index is 1.02. The van der Waals surface area contributed by atoms with Crippen molar-refractivity contribution in [1.82, 2.24) is 0 Å². The minimum Gasteiger partial charge on any atom is -0.348 e. The van der Waals surface area contributed by atoms with Gasteiger partial charge < -0.3 is 9.80 Å². The van der Waals surface area contributed by atoms with Crippen molar-refractivity contribution in [2.45, 2.75) is 19.8 Å². The first-order chi connectivity index (χ1) is 16.7. The number of anilines is 3. The summed E-state index contributed by atoms with van der Waals surface area (Å²) in [5.41, 5.74) is 8.31. The molecule has 3 aromatic carbocycles. The third-order valence-electron chi connectivity index (χ3n) is 6.07. The topological polar surface area (TPSA) is 6.48 Å². The Bertz CT molecular complexity index is 1210. The smallest absolute Gasteiger partial charge is 0.0463 e. The Kier molecular flexibility index (Phi) is 7.62. The Morgan fingerprint density at radius 3 is 2.09 bits per heavy atom. The third kappa shape index (κ3) is 5.13. The number of rotatable bonds is 8. The summed E-state index contributed by atoms with van der Waals surface area (Å²) < 4.78 is 0. The average Bonchev–Trinajstić information content (AvgIpc) is 2.92. The van der Waals surface area contributed by atoms with Crippen molar-refractivity contribution < 1.29 is 0 Å². The largest absolute Gasteiger partial charge is 0.348 e. The molecule has 34 heavy (non-hydrogen) atoms. The normalized spacial score (nSPS) is 13.9. The van der Waals surface area contributed by atoms with Gasteiger partial charge in [0.15, 0.2) is 0 Å². The van der Waals surface area contributed by atoms with Gasteiger partial charge in [-0.25, -0.2) is 0 Å². The Morgan fingerprint density at radius 2 is 1.44 bits per heavy atom. The van der Waals surface area contributed by atoms with E-state index in [1.54, 1.807) is 0 Å². The van der Waals surface area contributed by atoms with Gasteiger partial charge in [-0.1, -0.05) is 79.4 Å². The zero-order chi connectivity index (χ0) is 23.8. The van der Waals surface area contributed by atoms with Crippen LogP contribution in [0.2, 0.25) is 0 Å². The molecule has 170 valence electrons. The van der Waals surface area contributed by atoms with Gasteiger partial charge in [0.2, 0.25) is 0 Å². The Balaban J connectivity index is 1.70. The molecule has 0 radical (unpaired) electrons. The van der Waals surface area contributed by atoms with E-state index < -0.39 is 0 Å². The second-order valence-electron chi connectivity index (χ2n) is 8.24. The summed E-state index contributed by atoms with van der Waals surface area (Å²) in [6.07, 6.45) is 14.7. The highest BCUT2D eigenvalue weighted by atomic mass is 15.2. The zero-order valence-electron chi connectivity index (χ0n) is 20.1. The van der Waals surface area contributed by atoms with Crippen LogP contribution in [0.1, 0.15) is 25.3 Å². The maximum absolute atomic E-state index is 4.07. The molecule has 0 aliphatic heterocycles. The molecule has 1 aliphatic rings. The highest BCUT2D eigenvalue weighted by molar-refractivity contribution is 5.81. The van der Waals surface area contributed by atoms with Crippen LogP contribution < -0.4 is 9.80 Å². The van der Waals surface area contributed by atoms with Crippen molar-refractivity contribution in [2.24, 2.45) is 0 Å². The van der Waals surface area contributed by atoms with E-state index in [9.17, 15) is 0 Å². The first kappa shape index (κ1) is 23.1. The summed E-state index contributed by atoms with van der Waals surface area (Å²) in [5, 5.41) is 0. The van der Waals surface area contributed by atoms with Crippen LogP contribution in [0.4, 0.5) is 17.1 Å². The molecule has 2 nitrogen and oxygen atoms in total. The molecule has 4 rings (SSSR count). The lowest BCUT2D eigenvalue weighted by Crippen LogP contribution is -2.19. The summed E-state index contributed by atoms with van der Waals surface area (Å²) in [6, 6.07) is 29.9. The molecule has 0 N–H and O–H groups in total. The summed E-state index contributed by atoms with van der Waals surface area (Å²) in [6.45, 7) is 6.09. The van der Waals surface area contributed by atoms with Gasteiger partial charge in [-0.05, 0) is 73.9 Å². The molecule has 0 bridgehead atoms. The van der Waals surface area contributed by atoms with Gasteiger partial charge in [0, 0.05) is 41.1 Å². The Labute approximate surface area is 204 Å². The standard InChI is InChI=1S/C32H32N2/c1-4-6-17-27(5-2)34(29-18-11-8-12-19-29)30-24-22-28(23-25-30)33(3)32-21-14-13-20-31(32)26-15-9-7-10-16-26/h4-13,15-20,22-25H,2,14,21H2,1,3H3/b6-4-,27-17+. The lowest BCUT2D eigenvalue weighted by molar-refractivity contribution is 0.902. The molecule has 0 spiro atoms. The van der Waals surface area contributed by atoms with E-state index in [-0.39, 0.29) is 0 Å². The van der Waals surface area contributed by atoms with E-state index in [1.807, 2.05) is 31.2 Å². The molecule has 0 saturated heterocycles. The molecular formula is C32H32N2. The third-order valence-corrected chi connectivity index (χ3v) is 6.07. The highest BCUT2D eigenvalue weighted by Crippen LogP contribution is 2.35. The van der Waals surface area contributed by atoms with Crippen LogP contribution in [0.25, 0.3) is 5.57 Å². The summed E-state index contributed by atoms with van der Waals surface area (Å²) in [5.74, 6) is 0. The molecule has 3 aromatic rings. The molecular weight excluding hydrogens is 412 g/mol. The highest BCUT2D eigenvalue weighted by Gasteiger charge is 2.17. The minimum absolute atomic E-state index is 1.02. The van der Waals surface area contributed by atoms with Crippen molar-refractivity contribution in [3.05, 3.63) is 145 Å². The number of para-hydroxylation sites is 1. The summed E-state index contributed by atoms with van der Waals surface area (Å²) in [7, 11) is 2.17. The first-order valence-electron chi connectivity index (χ1n) is 11.8. The van der Waals surface area contributed by atoms with Crippen molar-refractivity contribution in [1.29, 1.82) is 0 Å². The molecule has 0 amide bonds. The van der Waals surface area contributed by atoms with E-state index >= 15 is 0 Å². The number of hydrogen-bond donors (Lipinski definition) is 0. The van der Waals surface area contributed by atoms with E-state index in [0.29, 0.717) is 0 Å². The molecule has 0 atom stereocenters. The van der Waals surface area contributed by atoms with Gasteiger partial charge in [-0.2, -0.15) is 0 Å².